The SMILES string of the molecule is Cc1nc2sc(C(=O)N[C@H]3CCc4c(C#N)c(N5CCNCC5)cc(F)c4C3)c(N)c2s1. The van der Waals surface area contributed by atoms with Crippen LogP contribution in [0.25, 0.3) is 9.53 Å². The van der Waals surface area contributed by atoms with Gasteiger partial charge in [0.15, 0.2) is 0 Å². The molecule has 1 aliphatic carbocycles. The number of nitrogen functional groups attached to an aromatic ring is 1. The number of hydrogen-bond acceptors (Lipinski definition) is 8. The molecular formula is C22H23FN6OS2. The van der Waals surface area contributed by atoms with Gasteiger partial charge in [0, 0.05) is 32.2 Å². The molecule has 0 saturated carbocycles. The summed E-state index contributed by atoms with van der Waals surface area (Å²) in [5.74, 6) is -0.551. The normalized spacial score (nSPS) is 18.4. The highest BCUT2D eigenvalue weighted by molar-refractivity contribution is 7.29. The summed E-state index contributed by atoms with van der Waals surface area (Å²) < 4.78 is 16.0. The highest BCUT2D eigenvalue weighted by Gasteiger charge is 2.30. The Balaban J connectivity index is 1.38. The van der Waals surface area contributed by atoms with Gasteiger partial charge in [0.05, 0.1) is 26.6 Å². The number of nitrogens with zero attached hydrogens (tertiary/aromatic N) is 3. The van der Waals surface area contributed by atoms with Gasteiger partial charge >= 0.3 is 0 Å². The van der Waals surface area contributed by atoms with Crippen LogP contribution in [0.5, 0.6) is 0 Å². The summed E-state index contributed by atoms with van der Waals surface area (Å²) in [5.41, 5.74) is 9.23. The van der Waals surface area contributed by atoms with Crippen molar-refractivity contribution < 1.29 is 9.18 Å². The lowest BCUT2D eigenvalue weighted by molar-refractivity contribution is 0.0938. The predicted molar refractivity (Wildman–Crippen MR) is 126 cm³/mol. The zero-order valence-electron chi connectivity index (χ0n) is 17.6. The Morgan fingerprint density at radius 2 is 2.16 bits per heavy atom. The van der Waals surface area contributed by atoms with E-state index in [2.05, 4.69) is 26.6 Å². The molecule has 1 aromatic carbocycles. The minimum absolute atomic E-state index is 0.213. The maximum atomic E-state index is 15.1. The van der Waals surface area contributed by atoms with Crippen LogP contribution in [-0.2, 0) is 12.8 Å². The monoisotopic (exact) mass is 470 g/mol. The van der Waals surface area contributed by atoms with Gasteiger partial charge in [0.25, 0.3) is 5.91 Å². The predicted octanol–water partition coefficient (Wildman–Crippen LogP) is 2.96. The Morgan fingerprint density at radius 1 is 1.38 bits per heavy atom. The fourth-order valence-electron chi connectivity index (χ4n) is 4.62. The third-order valence-corrected chi connectivity index (χ3v) is 8.40. The lowest BCUT2D eigenvalue weighted by atomic mass is 9.84. The highest BCUT2D eigenvalue weighted by Crippen LogP contribution is 2.38. The first-order valence-corrected chi connectivity index (χ1v) is 12.3. The number of aryl methyl sites for hydroxylation is 1. The third kappa shape index (κ3) is 3.60. The van der Waals surface area contributed by atoms with Crippen LogP contribution >= 0.6 is 22.7 Å². The van der Waals surface area contributed by atoms with Crippen molar-refractivity contribution >= 4 is 49.5 Å². The van der Waals surface area contributed by atoms with Gasteiger partial charge in [-0.1, -0.05) is 0 Å². The lowest BCUT2D eigenvalue weighted by Gasteiger charge is -2.33. The summed E-state index contributed by atoms with van der Waals surface area (Å²) in [6.07, 6.45) is 1.56. The molecule has 1 amide bonds. The van der Waals surface area contributed by atoms with Gasteiger partial charge in [-0.05, 0) is 43.4 Å². The molecule has 0 radical (unpaired) electrons. The molecule has 166 valence electrons. The standard InChI is InChI=1S/C22H23FN6OS2/c1-11-27-22-20(31-11)18(25)19(32-22)21(30)28-12-2-3-13-14(8-12)16(23)9-17(15(13)10-24)29-6-4-26-5-7-29/h9,12,26H,2-8,25H2,1H3,(H,28,30)/t12-/m0/s1. The second-order valence-electron chi connectivity index (χ2n) is 8.18. The number of piperazine rings is 1. The quantitative estimate of drug-likeness (QED) is 0.543. The number of carbonyl (C=O) groups excluding carboxylic acids is 1. The van der Waals surface area contributed by atoms with Crippen molar-refractivity contribution in [2.75, 3.05) is 36.8 Å². The van der Waals surface area contributed by atoms with E-state index in [0.717, 1.165) is 46.3 Å². The summed E-state index contributed by atoms with van der Waals surface area (Å²) >= 11 is 2.77. The fourth-order valence-corrected chi connectivity index (χ4v) is 6.71. The third-order valence-electron chi connectivity index (χ3n) is 6.17. The number of rotatable bonds is 3. The number of fused-ring (bicyclic) bond motifs is 2. The van der Waals surface area contributed by atoms with E-state index in [1.165, 1.54) is 28.7 Å². The number of halogens is 1. The van der Waals surface area contributed by atoms with E-state index in [-0.39, 0.29) is 17.8 Å². The number of nitriles is 1. The number of anilines is 2. The summed E-state index contributed by atoms with van der Waals surface area (Å²) in [6, 6.07) is 3.60. The van der Waals surface area contributed by atoms with Gasteiger partial charge in [-0.3, -0.25) is 4.79 Å². The van der Waals surface area contributed by atoms with Gasteiger partial charge in [0.1, 0.15) is 21.6 Å². The Kier molecular flexibility index (Phi) is 5.49. The molecule has 5 rings (SSSR count). The molecule has 1 fully saturated rings. The first kappa shape index (κ1) is 21.1. The van der Waals surface area contributed by atoms with Crippen LogP contribution in [0.2, 0.25) is 0 Å². The van der Waals surface area contributed by atoms with Gasteiger partial charge in [-0.25, -0.2) is 9.37 Å². The Bertz CT molecular complexity index is 1250. The maximum Gasteiger partial charge on any atom is 0.263 e. The minimum atomic E-state index is -0.303. The average Bonchev–Trinajstić information content (AvgIpc) is 3.31. The Labute approximate surface area is 193 Å². The molecular weight excluding hydrogens is 447 g/mol. The molecule has 3 aromatic rings. The zero-order chi connectivity index (χ0) is 22.4. The number of thiazole rings is 1. The van der Waals surface area contributed by atoms with Crippen LogP contribution in [-0.4, -0.2) is 43.1 Å². The number of hydrogen-bond donors (Lipinski definition) is 3. The molecule has 3 heterocycles. The van der Waals surface area contributed by atoms with Crippen molar-refractivity contribution in [3.05, 3.63) is 38.5 Å². The molecule has 0 bridgehead atoms. The van der Waals surface area contributed by atoms with Crippen molar-refractivity contribution in [3.8, 4) is 6.07 Å². The van der Waals surface area contributed by atoms with Crippen molar-refractivity contribution in [1.29, 1.82) is 5.26 Å². The molecule has 7 nitrogen and oxygen atoms in total. The van der Waals surface area contributed by atoms with Crippen molar-refractivity contribution in [1.82, 2.24) is 15.6 Å². The van der Waals surface area contributed by atoms with Crippen LogP contribution in [0.1, 0.15) is 37.8 Å². The molecule has 1 aliphatic heterocycles. The van der Waals surface area contributed by atoms with Gasteiger partial charge in [-0.2, -0.15) is 5.26 Å². The first-order chi connectivity index (χ1) is 15.5. The Hall–Kier alpha value is -2.74. The number of nitrogens with one attached hydrogen (secondary N) is 2. The molecule has 1 saturated heterocycles. The van der Waals surface area contributed by atoms with Crippen LogP contribution < -0.4 is 21.3 Å². The molecule has 1 atom stereocenters. The largest absolute Gasteiger partial charge is 0.396 e. The smallest absolute Gasteiger partial charge is 0.263 e. The van der Waals surface area contributed by atoms with E-state index in [1.807, 2.05) is 6.92 Å². The van der Waals surface area contributed by atoms with E-state index < -0.39 is 0 Å². The number of benzene rings is 1. The molecule has 2 aromatic heterocycles. The molecule has 2 aliphatic rings. The van der Waals surface area contributed by atoms with E-state index >= 15 is 4.39 Å². The van der Waals surface area contributed by atoms with Crippen LogP contribution in [0.3, 0.4) is 0 Å². The number of amides is 1. The van der Waals surface area contributed by atoms with E-state index in [0.29, 0.717) is 46.6 Å². The van der Waals surface area contributed by atoms with E-state index in [9.17, 15) is 10.1 Å². The minimum Gasteiger partial charge on any atom is -0.396 e. The second-order valence-corrected chi connectivity index (χ2v) is 10.4. The first-order valence-electron chi connectivity index (χ1n) is 10.6. The fraction of sp³-hybridized carbons (Fsp3) is 0.409. The number of carbonyl (C=O) groups is 1. The summed E-state index contributed by atoms with van der Waals surface area (Å²) in [4.78, 5) is 20.6. The number of nitrogens with two attached hydrogens (primary N) is 1. The van der Waals surface area contributed by atoms with Crippen LogP contribution in [0.15, 0.2) is 6.07 Å². The molecule has 4 N–H and O–H groups in total. The van der Waals surface area contributed by atoms with Gasteiger partial charge in [0.2, 0.25) is 0 Å². The molecule has 10 heteroatoms. The van der Waals surface area contributed by atoms with Crippen molar-refractivity contribution in [2.45, 2.75) is 32.2 Å². The van der Waals surface area contributed by atoms with Gasteiger partial charge in [-0.15, -0.1) is 22.7 Å². The highest BCUT2D eigenvalue weighted by atomic mass is 32.1. The summed E-state index contributed by atoms with van der Waals surface area (Å²) in [6.45, 7) is 5.04. The number of thiophene rings is 1. The van der Waals surface area contributed by atoms with Crippen LogP contribution in [0.4, 0.5) is 15.8 Å². The summed E-state index contributed by atoms with van der Waals surface area (Å²) in [5, 5.41) is 17.1. The van der Waals surface area contributed by atoms with Crippen LogP contribution in [0, 0.1) is 24.1 Å². The zero-order valence-corrected chi connectivity index (χ0v) is 19.3. The van der Waals surface area contributed by atoms with Gasteiger partial charge < -0.3 is 21.3 Å². The summed E-state index contributed by atoms with van der Waals surface area (Å²) in [7, 11) is 0. The average molecular weight is 471 g/mol. The number of aromatic nitrogens is 1. The Morgan fingerprint density at radius 3 is 2.88 bits per heavy atom. The molecule has 0 unspecified atom stereocenters. The second kappa shape index (κ2) is 8.31. The lowest BCUT2D eigenvalue weighted by Crippen LogP contribution is -2.44. The molecule has 0 spiro atoms. The topological polar surface area (TPSA) is 107 Å². The van der Waals surface area contributed by atoms with Crippen molar-refractivity contribution in [3.63, 3.8) is 0 Å². The molecule has 32 heavy (non-hydrogen) atoms. The van der Waals surface area contributed by atoms with Crippen molar-refractivity contribution in [2.24, 2.45) is 0 Å². The maximum absolute atomic E-state index is 15.1. The van der Waals surface area contributed by atoms with E-state index in [4.69, 9.17) is 5.73 Å². The van der Waals surface area contributed by atoms with E-state index in [1.54, 1.807) is 0 Å².